The predicted molar refractivity (Wildman–Crippen MR) is 100 cm³/mol. The van der Waals surface area contributed by atoms with Gasteiger partial charge in [-0.15, -0.1) is 10.2 Å². The molecule has 12 heteroatoms. The van der Waals surface area contributed by atoms with Crippen LogP contribution in [0.25, 0.3) is 11.4 Å². The Balaban J connectivity index is 1.76. The quantitative estimate of drug-likeness (QED) is 0.470. The average Bonchev–Trinajstić information content (AvgIpc) is 2.95. The third-order valence-corrected chi connectivity index (χ3v) is 6.32. The lowest BCUT2D eigenvalue weighted by Crippen LogP contribution is -2.17. The van der Waals surface area contributed by atoms with Crippen molar-refractivity contribution in [3.63, 3.8) is 0 Å². The first-order chi connectivity index (χ1) is 14.7. The zero-order valence-electron chi connectivity index (χ0n) is 15.8. The van der Waals surface area contributed by atoms with E-state index < -0.39 is 49.7 Å². The van der Waals surface area contributed by atoms with Crippen molar-refractivity contribution in [3.8, 4) is 11.4 Å². The second kappa shape index (κ2) is 7.91. The highest BCUT2D eigenvalue weighted by atomic mass is 32.2. The van der Waals surface area contributed by atoms with Crippen LogP contribution >= 0.6 is 0 Å². The van der Waals surface area contributed by atoms with Crippen LogP contribution in [-0.4, -0.2) is 23.2 Å². The van der Waals surface area contributed by atoms with E-state index in [1.165, 1.54) is 0 Å². The molecule has 0 atom stereocenters. The number of fused-ring (bicyclic) bond motifs is 1. The number of nitrogens with zero attached hydrogens (tertiary/aromatic N) is 3. The molecule has 1 aromatic heterocycles. The zero-order valence-corrected chi connectivity index (χ0v) is 16.6. The molecule has 0 bridgehead atoms. The molecular formula is C19H15F5N4O2S. The molecule has 1 N–H and O–H groups in total. The normalized spacial score (nSPS) is 14.2. The molecule has 0 unspecified atom stereocenters. The van der Waals surface area contributed by atoms with Crippen LogP contribution in [0.15, 0.2) is 29.2 Å². The number of anilines is 1. The van der Waals surface area contributed by atoms with E-state index in [-0.39, 0.29) is 11.4 Å². The van der Waals surface area contributed by atoms with Gasteiger partial charge in [-0.3, -0.25) is 4.72 Å². The van der Waals surface area contributed by atoms with Gasteiger partial charge in [0.2, 0.25) is 0 Å². The van der Waals surface area contributed by atoms with Gasteiger partial charge in [0.1, 0.15) is 22.4 Å². The van der Waals surface area contributed by atoms with E-state index in [1.807, 2.05) is 0 Å². The van der Waals surface area contributed by atoms with Gasteiger partial charge in [0.25, 0.3) is 10.0 Å². The summed E-state index contributed by atoms with van der Waals surface area (Å²) >= 11 is 0. The Morgan fingerprint density at radius 3 is 2.42 bits per heavy atom. The lowest BCUT2D eigenvalue weighted by Gasteiger charge is -2.13. The summed E-state index contributed by atoms with van der Waals surface area (Å²) in [5.74, 6) is -7.11. The number of nitrogens with one attached hydrogen (secondary N) is 1. The fraction of sp³-hybridized carbons (Fsp3) is 0.263. The van der Waals surface area contributed by atoms with Crippen LogP contribution < -0.4 is 4.72 Å². The van der Waals surface area contributed by atoms with Gasteiger partial charge in [-0.2, -0.15) is 0 Å². The molecule has 0 aliphatic carbocycles. The van der Waals surface area contributed by atoms with E-state index in [4.69, 9.17) is 0 Å². The first kappa shape index (κ1) is 21.2. The highest BCUT2D eigenvalue weighted by Crippen LogP contribution is 2.31. The summed E-state index contributed by atoms with van der Waals surface area (Å²) < 4.78 is 97.7. The zero-order chi connectivity index (χ0) is 22.3. The summed E-state index contributed by atoms with van der Waals surface area (Å²) in [7, 11) is -4.86. The van der Waals surface area contributed by atoms with Crippen LogP contribution in [-0.2, 0) is 23.0 Å². The molecule has 0 saturated heterocycles. The van der Waals surface area contributed by atoms with Crippen LogP contribution in [0.3, 0.4) is 0 Å². The summed E-state index contributed by atoms with van der Waals surface area (Å²) in [6.07, 6.45) is 3.26. The number of benzene rings is 2. The highest BCUT2D eigenvalue weighted by Gasteiger charge is 2.27. The van der Waals surface area contributed by atoms with Crippen molar-refractivity contribution in [2.45, 2.75) is 37.1 Å². The topological polar surface area (TPSA) is 76.9 Å². The smallest absolute Gasteiger partial charge is 0.265 e. The van der Waals surface area contributed by atoms with Crippen molar-refractivity contribution in [2.24, 2.45) is 0 Å². The fourth-order valence-corrected chi connectivity index (χ4v) is 4.53. The molecule has 0 saturated carbocycles. The van der Waals surface area contributed by atoms with Crippen LogP contribution in [0.5, 0.6) is 0 Å². The molecule has 0 radical (unpaired) electrons. The van der Waals surface area contributed by atoms with Crippen molar-refractivity contribution >= 4 is 15.7 Å². The number of aryl methyl sites for hydroxylation is 1. The number of aromatic nitrogens is 3. The Bertz CT molecular complexity index is 1280. The summed E-state index contributed by atoms with van der Waals surface area (Å²) in [4.78, 5) is -1.23. The van der Waals surface area contributed by atoms with Crippen molar-refractivity contribution in [1.29, 1.82) is 0 Å². The van der Waals surface area contributed by atoms with Gasteiger partial charge in [0.05, 0.1) is 11.3 Å². The maximum Gasteiger partial charge on any atom is 0.265 e. The number of halogens is 5. The Labute approximate surface area is 173 Å². The molecule has 3 aromatic rings. The minimum atomic E-state index is -4.86. The van der Waals surface area contributed by atoms with Crippen molar-refractivity contribution < 1.29 is 30.4 Å². The third kappa shape index (κ3) is 3.87. The standard InChI is InChI=1S/C19H15F5N4O2S/c20-11-5-6-15(18(24)17(11)23)31(29,30)27-14-8-10(12(21)9-13(14)22)19-26-25-16-4-2-1-3-7-28(16)19/h5-6,8-9,27H,1-4,7H2. The molecule has 31 heavy (non-hydrogen) atoms. The van der Waals surface area contributed by atoms with Gasteiger partial charge < -0.3 is 4.57 Å². The molecule has 0 fully saturated rings. The SMILES string of the molecule is O=S(=O)(Nc1cc(-c2nnc3n2CCCCC3)c(F)cc1F)c1ccc(F)c(F)c1F. The first-order valence-corrected chi connectivity index (χ1v) is 10.7. The van der Waals surface area contributed by atoms with Crippen LogP contribution in [0.1, 0.15) is 25.1 Å². The largest absolute Gasteiger partial charge is 0.311 e. The van der Waals surface area contributed by atoms with Crippen LogP contribution in [0, 0.1) is 29.1 Å². The van der Waals surface area contributed by atoms with E-state index in [1.54, 1.807) is 9.29 Å². The maximum absolute atomic E-state index is 14.5. The predicted octanol–water partition coefficient (Wildman–Crippen LogP) is 4.17. The Kier molecular flexibility index (Phi) is 5.42. The van der Waals surface area contributed by atoms with Crippen LogP contribution in [0.4, 0.5) is 27.6 Å². The molecule has 1 aliphatic heterocycles. The summed E-state index contributed by atoms with van der Waals surface area (Å²) in [5.41, 5.74) is -0.933. The lowest BCUT2D eigenvalue weighted by molar-refractivity contribution is 0.432. The van der Waals surface area contributed by atoms with Crippen LogP contribution in [0.2, 0.25) is 0 Å². The minimum Gasteiger partial charge on any atom is -0.311 e. The molecule has 0 spiro atoms. The number of sulfonamides is 1. The number of rotatable bonds is 4. The van der Waals surface area contributed by atoms with E-state index in [2.05, 4.69) is 10.2 Å². The molecule has 0 amide bonds. The van der Waals surface area contributed by atoms with Gasteiger partial charge in [-0.1, -0.05) is 6.42 Å². The van der Waals surface area contributed by atoms with E-state index in [0.717, 1.165) is 25.3 Å². The number of hydrogen-bond acceptors (Lipinski definition) is 4. The van der Waals surface area contributed by atoms with E-state index in [9.17, 15) is 30.4 Å². The molecule has 1 aliphatic rings. The molecule has 2 aromatic carbocycles. The Morgan fingerprint density at radius 2 is 1.65 bits per heavy atom. The maximum atomic E-state index is 14.5. The summed E-state index contributed by atoms with van der Waals surface area (Å²) in [5, 5.41) is 7.98. The molecule has 6 nitrogen and oxygen atoms in total. The van der Waals surface area contributed by atoms with Crippen molar-refractivity contribution in [1.82, 2.24) is 14.8 Å². The van der Waals surface area contributed by atoms with Gasteiger partial charge >= 0.3 is 0 Å². The minimum absolute atomic E-state index is 0.0915. The van der Waals surface area contributed by atoms with Gasteiger partial charge in [-0.05, 0) is 31.0 Å². The molecule has 164 valence electrons. The lowest BCUT2D eigenvalue weighted by atomic mass is 10.1. The third-order valence-electron chi connectivity index (χ3n) is 4.94. The fourth-order valence-electron chi connectivity index (χ4n) is 3.40. The second-order valence-corrected chi connectivity index (χ2v) is 8.64. The molecule has 2 heterocycles. The first-order valence-electron chi connectivity index (χ1n) is 9.27. The summed E-state index contributed by atoms with van der Waals surface area (Å²) in [6.45, 7) is 0.510. The Morgan fingerprint density at radius 1 is 0.871 bits per heavy atom. The van der Waals surface area contributed by atoms with Crippen molar-refractivity contribution in [2.75, 3.05) is 4.72 Å². The highest BCUT2D eigenvalue weighted by molar-refractivity contribution is 7.92. The monoisotopic (exact) mass is 458 g/mol. The van der Waals surface area contributed by atoms with Gasteiger partial charge in [-0.25, -0.2) is 30.4 Å². The molecular weight excluding hydrogens is 443 g/mol. The second-order valence-electron chi connectivity index (χ2n) is 6.99. The average molecular weight is 458 g/mol. The van der Waals surface area contributed by atoms with Crippen molar-refractivity contribution in [3.05, 3.63) is 59.2 Å². The Hall–Kier alpha value is -3.02. The molecule has 4 rings (SSSR count). The van der Waals surface area contributed by atoms with Gasteiger partial charge in [0, 0.05) is 19.0 Å². The van der Waals surface area contributed by atoms with E-state index >= 15 is 0 Å². The van der Waals surface area contributed by atoms with Gasteiger partial charge in [0.15, 0.2) is 23.3 Å². The van der Waals surface area contributed by atoms with E-state index in [0.29, 0.717) is 37.0 Å². The number of hydrogen-bond donors (Lipinski definition) is 1. The summed E-state index contributed by atoms with van der Waals surface area (Å²) in [6, 6.07) is 2.23.